The molecule has 89 valence electrons. The van der Waals surface area contributed by atoms with Gasteiger partial charge in [0.05, 0.1) is 0 Å². The molecule has 0 heterocycles. The van der Waals surface area contributed by atoms with Gasteiger partial charge in [-0.2, -0.15) is 0 Å². The molecule has 0 radical (unpaired) electrons. The van der Waals surface area contributed by atoms with Gasteiger partial charge in [-0.1, -0.05) is 0 Å². The quantitative estimate of drug-likeness (QED) is 0.535. The Labute approximate surface area is 112 Å². The van der Waals surface area contributed by atoms with Gasteiger partial charge in [-0.15, -0.1) is 0 Å². The van der Waals surface area contributed by atoms with Crippen LogP contribution in [0.15, 0.2) is 0 Å². The SMILES string of the molecule is CC(C)CC[C]([Hf])(CC(C)C)CC(C)C. The second-order valence-electron chi connectivity index (χ2n) is 6.41. The summed E-state index contributed by atoms with van der Waals surface area (Å²) in [6.07, 6.45) is 5.78. The van der Waals surface area contributed by atoms with Gasteiger partial charge in [0.25, 0.3) is 0 Å². The standard InChI is InChI=1S/C14H29.Hf/c1-11(2)7-8-14(9-12(3)4)10-13(5)6;/h11-13H,7-10H2,1-6H3;. The van der Waals surface area contributed by atoms with E-state index < -0.39 is 0 Å². The van der Waals surface area contributed by atoms with E-state index in [4.69, 9.17) is 0 Å². The fraction of sp³-hybridized carbons (Fsp3) is 1.00. The third-order valence-electron chi connectivity index (χ3n) is 2.80. The Morgan fingerprint density at radius 3 is 1.47 bits per heavy atom. The van der Waals surface area contributed by atoms with Crippen LogP contribution in [-0.4, -0.2) is 0 Å². The summed E-state index contributed by atoms with van der Waals surface area (Å²) >= 11 is 1.37. The molecule has 0 N–H and O–H groups in total. The van der Waals surface area contributed by atoms with Crippen LogP contribution in [0.3, 0.4) is 0 Å². The third kappa shape index (κ3) is 8.65. The molecule has 0 aliphatic rings. The van der Waals surface area contributed by atoms with E-state index in [0.29, 0.717) is 3.17 Å². The van der Waals surface area contributed by atoms with Gasteiger partial charge in [0.2, 0.25) is 0 Å². The molecule has 15 heavy (non-hydrogen) atoms. The maximum atomic E-state index is 2.38. The summed E-state index contributed by atoms with van der Waals surface area (Å²) in [6.45, 7) is 14.2. The fourth-order valence-electron chi connectivity index (χ4n) is 2.42. The van der Waals surface area contributed by atoms with Crippen LogP contribution in [0.1, 0.15) is 67.2 Å². The molecule has 0 amide bonds. The number of rotatable bonds is 7. The van der Waals surface area contributed by atoms with Crippen LogP contribution < -0.4 is 0 Å². The van der Waals surface area contributed by atoms with E-state index in [1.165, 1.54) is 50.1 Å². The second-order valence-corrected chi connectivity index (χ2v) is 10.2. The van der Waals surface area contributed by atoms with Crippen LogP contribution >= 0.6 is 0 Å². The average Bonchev–Trinajstić information content (AvgIpc) is 1.97. The van der Waals surface area contributed by atoms with E-state index in [0.717, 1.165) is 17.8 Å². The van der Waals surface area contributed by atoms with E-state index in [-0.39, 0.29) is 0 Å². The predicted octanol–water partition coefficient (Wildman–Crippen LogP) is 5.22. The van der Waals surface area contributed by atoms with Crippen molar-refractivity contribution in [2.24, 2.45) is 17.8 Å². The van der Waals surface area contributed by atoms with Gasteiger partial charge in [0.15, 0.2) is 0 Å². The second kappa shape index (κ2) is 7.25. The van der Waals surface area contributed by atoms with Crippen LogP contribution in [0, 0.1) is 17.8 Å². The molecule has 0 spiro atoms. The monoisotopic (exact) mass is 377 g/mol. The normalized spacial score (nSPS) is 13.1. The van der Waals surface area contributed by atoms with Crippen molar-refractivity contribution in [2.75, 3.05) is 0 Å². The Bertz CT molecular complexity index is 149. The Hall–Kier alpha value is 0.870. The molecule has 0 aromatic heterocycles. The molecule has 0 aliphatic heterocycles. The minimum atomic E-state index is 0.715. The third-order valence-corrected chi connectivity index (χ3v) is 5.16. The van der Waals surface area contributed by atoms with Gasteiger partial charge in [-0.25, -0.2) is 0 Å². The number of hydrogen-bond donors (Lipinski definition) is 0. The van der Waals surface area contributed by atoms with Crippen molar-refractivity contribution in [1.29, 1.82) is 0 Å². The van der Waals surface area contributed by atoms with Gasteiger partial charge < -0.3 is 0 Å². The van der Waals surface area contributed by atoms with Gasteiger partial charge in [0, 0.05) is 0 Å². The molecule has 0 saturated heterocycles. The first-order chi connectivity index (χ1) is 6.75. The van der Waals surface area contributed by atoms with Crippen molar-refractivity contribution >= 4 is 0 Å². The number of hydrogen-bond acceptors (Lipinski definition) is 0. The van der Waals surface area contributed by atoms with Gasteiger partial charge in [-0.3, -0.25) is 0 Å². The Morgan fingerprint density at radius 2 is 1.20 bits per heavy atom. The van der Waals surface area contributed by atoms with Crippen LogP contribution in [0.5, 0.6) is 0 Å². The maximum absolute atomic E-state index is 2.38. The van der Waals surface area contributed by atoms with Gasteiger partial charge in [0.1, 0.15) is 0 Å². The fourth-order valence-corrected chi connectivity index (χ4v) is 5.87. The summed E-state index contributed by atoms with van der Waals surface area (Å²) in [5.74, 6) is 2.61. The Morgan fingerprint density at radius 1 is 0.800 bits per heavy atom. The molecule has 0 aliphatic carbocycles. The predicted molar refractivity (Wildman–Crippen MR) is 65.7 cm³/mol. The van der Waals surface area contributed by atoms with Crippen LogP contribution in [0.4, 0.5) is 0 Å². The molecule has 0 bridgehead atoms. The van der Waals surface area contributed by atoms with E-state index in [9.17, 15) is 0 Å². The van der Waals surface area contributed by atoms with Crippen molar-refractivity contribution in [2.45, 2.75) is 70.4 Å². The van der Waals surface area contributed by atoms with E-state index in [2.05, 4.69) is 41.5 Å². The molecule has 0 atom stereocenters. The zero-order valence-electron chi connectivity index (χ0n) is 11.6. The summed E-state index contributed by atoms with van der Waals surface area (Å²) in [5.41, 5.74) is 0. The summed E-state index contributed by atoms with van der Waals surface area (Å²) in [4.78, 5) is 0. The minimum absolute atomic E-state index is 0.715. The van der Waals surface area contributed by atoms with Gasteiger partial charge in [-0.05, 0) is 0 Å². The summed E-state index contributed by atoms with van der Waals surface area (Å²) in [5, 5.41) is 0. The summed E-state index contributed by atoms with van der Waals surface area (Å²) in [6, 6.07) is 0. The molecule has 1 heteroatoms. The molecule has 0 saturated carbocycles. The van der Waals surface area contributed by atoms with E-state index in [1.807, 2.05) is 0 Å². The van der Waals surface area contributed by atoms with Crippen LogP contribution in [-0.2, 0) is 24.4 Å². The molecule has 0 aromatic carbocycles. The Kier molecular flexibility index (Phi) is 7.67. The van der Waals surface area contributed by atoms with Crippen LogP contribution in [0.2, 0.25) is 3.17 Å². The molecule has 0 aromatic rings. The molecule has 0 fully saturated rings. The van der Waals surface area contributed by atoms with Crippen molar-refractivity contribution in [3.05, 3.63) is 0 Å². The zero-order chi connectivity index (χ0) is 12.1. The first-order valence-corrected chi connectivity index (χ1v) is 8.30. The molecule has 0 unspecified atom stereocenters. The summed E-state index contributed by atoms with van der Waals surface area (Å²) < 4.78 is 0.715. The first kappa shape index (κ1) is 15.9. The topological polar surface area (TPSA) is 0 Å². The molecule has 0 rings (SSSR count). The van der Waals surface area contributed by atoms with Crippen molar-refractivity contribution < 1.29 is 24.4 Å². The van der Waals surface area contributed by atoms with Crippen molar-refractivity contribution in [1.82, 2.24) is 0 Å². The first-order valence-electron chi connectivity index (χ1n) is 6.50. The Balaban J connectivity index is 4.26. The summed E-state index contributed by atoms with van der Waals surface area (Å²) in [7, 11) is 0. The zero-order valence-corrected chi connectivity index (χ0v) is 15.2. The van der Waals surface area contributed by atoms with Crippen molar-refractivity contribution in [3.8, 4) is 0 Å². The average molecular weight is 376 g/mol. The van der Waals surface area contributed by atoms with Crippen molar-refractivity contribution in [3.63, 3.8) is 0 Å². The van der Waals surface area contributed by atoms with E-state index in [1.54, 1.807) is 0 Å². The van der Waals surface area contributed by atoms with Crippen LogP contribution in [0.25, 0.3) is 0 Å². The molecule has 0 nitrogen and oxygen atoms in total. The molecular formula is C14H29Hf. The van der Waals surface area contributed by atoms with E-state index >= 15 is 0 Å². The van der Waals surface area contributed by atoms with Gasteiger partial charge >= 0.3 is 113 Å². The molecular weight excluding hydrogens is 347 g/mol.